The second-order valence-electron chi connectivity index (χ2n) is 6.30. The predicted molar refractivity (Wildman–Crippen MR) is 87.5 cm³/mol. The Labute approximate surface area is 136 Å². The summed E-state index contributed by atoms with van der Waals surface area (Å²) in [5.41, 5.74) is 0.653. The first-order valence-corrected chi connectivity index (χ1v) is 8.13. The summed E-state index contributed by atoms with van der Waals surface area (Å²) in [6.07, 6.45) is 0.467. The molecule has 3 rings (SSSR count). The number of fused-ring (bicyclic) bond motifs is 1. The van der Waals surface area contributed by atoms with Crippen LogP contribution < -0.4 is 20.3 Å². The average molecular weight is 317 g/mol. The molecular weight excluding hydrogens is 294 g/mol. The first kappa shape index (κ1) is 15.8. The van der Waals surface area contributed by atoms with E-state index in [1.807, 2.05) is 18.2 Å². The molecule has 2 N–H and O–H groups in total. The Morgan fingerprint density at radius 3 is 2.96 bits per heavy atom. The van der Waals surface area contributed by atoms with Crippen LogP contribution in [0.2, 0.25) is 0 Å². The number of carbonyl (C=O) groups is 2. The molecule has 1 aromatic rings. The molecule has 0 aromatic heterocycles. The van der Waals surface area contributed by atoms with Gasteiger partial charge < -0.3 is 15.4 Å². The molecule has 1 aromatic carbocycles. The summed E-state index contributed by atoms with van der Waals surface area (Å²) in [4.78, 5) is 26.3. The van der Waals surface area contributed by atoms with Crippen molar-refractivity contribution in [1.82, 2.24) is 10.6 Å². The fraction of sp³-hybridized carbons (Fsp3) is 0.529. The lowest BCUT2D eigenvalue weighted by Crippen LogP contribution is -2.54. The number of piperidine rings is 1. The van der Waals surface area contributed by atoms with Crippen LogP contribution in [0.25, 0.3) is 0 Å². The molecule has 6 nitrogen and oxygen atoms in total. The van der Waals surface area contributed by atoms with Crippen molar-refractivity contribution in [2.75, 3.05) is 24.5 Å². The lowest BCUT2D eigenvalue weighted by molar-refractivity contribution is -0.128. The number of ether oxygens (including phenoxy) is 1. The van der Waals surface area contributed by atoms with Crippen molar-refractivity contribution in [3.63, 3.8) is 0 Å². The van der Waals surface area contributed by atoms with Crippen molar-refractivity contribution < 1.29 is 14.3 Å². The van der Waals surface area contributed by atoms with Crippen LogP contribution >= 0.6 is 0 Å². The van der Waals surface area contributed by atoms with Gasteiger partial charge in [-0.15, -0.1) is 0 Å². The normalized spacial score (nSPS) is 27.1. The van der Waals surface area contributed by atoms with Crippen molar-refractivity contribution in [1.29, 1.82) is 0 Å². The maximum absolute atomic E-state index is 12.4. The molecule has 0 saturated carbocycles. The number of rotatable bonds is 3. The molecule has 23 heavy (non-hydrogen) atoms. The van der Waals surface area contributed by atoms with Crippen LogP contribution in [0.3, 0.4) is 0 Å². The fourth-order valence-electron chi connectivity index (χ4n) is 3.10. The molecule has 2 aliphatic heterocycles. The van der Waals surface area contributed by atoms with Crippen LogP contribution in [-0.4, -0.2) is 43.6 Å². The summed E-state index contributed by atoms with van der Waals surface area (Å²) in [6.45, 7) is 5.63. The van der Waals surface area contributed by atoms with Crippen molar-refractivity contribution in [3.8, 4) is 5.75 Å². The van der Waals surface area contributed by atoms with Gasteiger partial charge in [0.05, 0.1) is 5.69 Å². The Balaban J connectivity index is 1.71. The van der Waals surface area contributed by atoms with Crippen LogP contribution in [0.4, 0.5) is 5.69 Å². The van der Waals surface area contributed by atoms with Gasteiger partial charge in [0.15, 0.2) is 6.10 Å². The summed E-state index contributed by atoms with van der Waals surface area (Å²) < 4.78 is 5.59. The molecule has 2 amide bonds. The molecule has 124 valence electrons. The number of amides is 2. The van der Waals surface area contributed by atoms with Gasteiger partial charge in [0.1, 0.15) is 12.3 Å². The highest BCUT2D eigenvalue weighted by molar-refractivity contribution is 6.03. The minimum atomic E-state index is -0.576. The number of nitrogens with zero attached hydrogens (tertiary/aromatic N) is 1. The number of hydrogen-bond acceptors (Lipinski definition) is 4. The molecule has 3 atom stereocenters. The van der Waals surface area contributed by atoms with Gasteiger partial charge in [-0.1, -0.05) is 19.1 Å². The number of anilines is 1. The lowest BCUT2D eigenvalue weighted by Gasteiger charge is -2.34. The molecule has 1 fully saturated rings. The zero-order chi connectivity index (χ0) is 16.4. The maximum Gasteiger partial charge on any atom is 0.268 e. The second-order valence-corrected chi connectivity index (χ2v) is 6.30. The fourth-order valence-corrected chi connectivity index (χ4v) is 3.10. The molecule has 2 aliphatic rings. The van der Waals surface area contributed by atoms with Gasteiger partial charge in [-0.2, -0.15) is 0 Å². The molecule has 0 aliphatic carbocycles. The van der Waals surface area contributed by atoms with E-state index in [1.165, 1.54) is 4.90 Å². The SMILES string of the molecule is CC1Oc2ccccc2N(CC(=O)NC2CNCCC2C)C1=O. The Kier molecular flexibility index (Phi) is 4.52. The quantitative estimate of drug-likeness (QED) is 0.869. The average Bonchev–Trinajstić information content (AvgIpc) is 2.54. The topological polar surface area (TPSA) is 70.7 Å². The highest BCUT2D eigenvalue weighted by Gasteiger charge is 2.33. The van der Waals surface area contributed by atoms with Crippen LogP contribution in [0, 0.1) is 5.92 Å². The molecule has 3 unspecified atom stereocenters. The van der Waals surface area contributed by atoms with E-state index in [-0.39, 0.29) is 24.4 Å². The number of para-hydroxylation sites is 2. The van der Waals surface area contributed by atoms with Gasteiger partial charge in [-0.05, 0) is 37.9 Å². The van der Waals surface area contributed by atoms with Gasteiger partial charge in [0.2, 0.25) is 5.91 Å². The third kappa shape index (κ3) is 3.32. The van der Waals surface area contributed by atoms with Gasteiger partial charge in [-0.25, -0.2) is 0 Å². The standard InChI is InChI=1S/C17H23N3O3/c1-11-7-8-18-9-13(11)19-16(21)10-20-14-5-3-4-6-15(14)23-12(2)17(20)22/h3-6,11-13,18H,7-10H2,1-2H3,(H,19,21). The van der Waals surface area contributed by atoms with Gasteiger partial charge in [-0.3, -0.25) is 14.5 Å². The number of carbonyl (C=O) groups excluding carboxylic acids is 2. The zero-order valence-corrected chi connectivity index (χ0v) is 13.5. The number of nitrogens with one attached hydrogen (secondary N) is 2. The summed E-state index contributed by atoms with van der Waals surface area (Å²) in [6, 6.07) is 7.42. The molecule has 0 spiro atoms. The van der Waals surface area contributed by atoms with Gasteiger partial charge in [0, 0.05) is 12.6 Å². The van der Waals surface area contributed by atoms with E-state index >= 15 is 0 Å². The molecule has 6 heteroatoms. The maximum atomic E-state index is 12.4. The van der Waals surface area contributed by atoms with E-state index in [1.54, 1.807) is 13.0 Å². The van der Waals surface area contributed by atoms with E-state index in [0.717, 1.165) is 19.5 Å². The van der Waals surface area contributed by atoms with Crippen LogP contribution in [-0.2, 0) is 9.59 Å². The van der Waals surface area contributed by atoms with Crippen molar-refractivity contribution >= 4 is 17.5 Å². The first-order valence-electron chi connectivity index (χ1n) is 8.13. The molecular formula is C17H23N3O3. The molecule has 2 heterocycles. The third-order valence-electron chi connectivity index (χ3n) is 4.55. The third-order valence-corrected chi connectivity index (χ3v) is 4.55. The summed E-state index contributed by atoms with van der Waals surface area (Å²) in [5, 5.41) is 6.34. The van der Waals surface area contributed by atoms with Gasteiger partial charge >= 0.3 is 0 Å². The predicted octanol–water partition coefficient (Wildman–Crippen LogP) is 0.915. The van der Waals surface area contributed by atoms with E-state index in [0.29, 0.717) is 17.4 Å². The highest BCUT2D eigenvalue weighted by atomic mass is 16.5. The minimum Gasteiger partial charge on any atom is -0.479 e. The van der Waals surface area contributed by atoms with E-state index in [2.05, 4.69) is 17.6 Å². The second kappa shape index (κ2) is 6.58. The molecule has 0 bridgehead atoms. The van der Waals surface area contributed by atoms with Crippen LogP contribution in [0.5, 0.6) is 5.75 Å². The number of benzene rings is 1. The van der Waals surface area contributed by atoms with Crippen molar-refractivity contribution in [2.45, 2.75) is 32.4 Å². The van der Waals surface area contributed by atoms with Gasteiger partial charge in [0.25, 0.3) is 5.91 Å². The Morgan fingerprint density at radius 1 is 1.39 bits per heavy atom. The van der Waals surface area contributed by atoms with E-state index in [9.17, 15) is 9.59 Å². The van der Waals surface area contributed by atoms with Crippen LogP contribution in [0.15, 0.2) is 24.3 Å². The lowest BCUT2D eigenvalue weighted by atomic mass is 9.95. The minimum absolute atomic E-state index is 0.0206. The number of hydrogen-bond donors (Lipinski definition) is 2. The Bertz CT molecular complexity index is 605. The summed E-state index contributed by atoms with van der Waals surface area (Å²) in [5.74, 6) is 0.753. The smallest absolute Gasteiger partial charge is 0.268 e. The first-order chi connectivity index (χ1) is 11.1. The summed E-state index contributed by atoms with van der Waals surface area (Å²) >= 11 is 0. The van der Waals surface area contributed by atoms with Crippen molar-refractivity contribution in [2.24, 2.45) is 5.92 Å². The molecule has 1 saturated heterocycles. The molecule has 0 radical (unpaired) electrons. The summed E-state index contributed by atoms with van der Waals surface area (Å²) in [7, 11) is 0. The monoisotopic (exact) mass is 317 g/mol. The van der Waals surface area contributed by atoms with Crippen LogP contribution in [0.1, 0.15) is 20.3 Å². The van der Waals surface area contributed by atoms with E-state index in [4.69, 9.17) is 4.74 Å². The highest BCUT2D eigenvalue weighted by Crippen LogP contribution is 2.33. The Hall–Kier alpha value is -2.08. The van der Waals surface area contributed by atoms with Crippen molar-refractivity contribution in [3.05, 3.63) is 24.3 Å². The van der Waals surface area contributed by atoms with E-state index < -0.39 is 6.10 Å². The largest absolute Gasteiger partial charge is 0.479 e. The zero-order valence-electron chi connectivity index (χ0n) is 13.5. The Morgan fingerprint density at radius 2 is 2.17 bits per heavy atom.